The Balaban J connectivity index is 1.25. The second-order valence-corrected chi connectivity index (χ2v) is 9.03. The molecule has 3 N–H and O–H groups in total. The van der Waals surface area contributed by atoms with E-state index in [2.05, 4.69) is 20.7 Å². The van der Waals surface area contributed by atoms with E-state index in [1.54, 1.807) is 24.4 Å². The number of amides is 2. The van der Waals surface area contributed by atoms with E-state index in [9.17, 15) is 23.2 Å². The number of hydrogen-bond acceptors (Lipinski definition) is 4. The van der Waals surface area contributed by atoms with E-state index in [4.69, 9.17) is 11.6 Å². The number of benzene rings is 2. The lowest BCUT2D eigenvalue weighted by Crippen LogP contribution is -2.34. The van der Waals surface area contributed by atoms with Crippen molar-refractivity contribution in [1.82, 2.24) is 20.1 Å². The van der Waals surface area contributed by atoms with Crippen LogP contribution in [0.5, 0.6) is 0 Å². The first kappa shape index (κ1) is 25.8. The van der Waals surface area contributed by atoms with Crippen LogP contribution < -0.4 is 16.2 Å². The summed E-state index contributed by atoms with van der Waals surface area (Å²) in [5.41, 5.74) is 2.94. The predicted molar refractivity (Wildman–Crippen MR) is 144 cm³/mol. The standard InChI is InChI=1S/C28H20ClF2N5O3/c29-25-14-21(28(39)36(35-25)15-17-6-8-22(30)23(31)11-17)26(37)33-10-1-3-16-5-7-19-20(13-18-4-2-9-32-18)27(38)34-24(19)12-16/h1-9,11-14,32H,10,15H2,(H,33,37)(H,34,38)/b3-1+,20-13-. The highest BCUT2D eigenvalue weighted by atomic mass is 35.5. The Morgan fingerprint density at radius 3 is 2.69 bits per heavy atom. The van der Waals surface area contributed by atoms with Crippen LogP contribution in [0.15, 0.2) is 71.7 Å². The first-order chi connectivity index (χ1) is 18.8. The quantitative estimate of drug-likeness (QED) is 0.296. The molecule has 0 saturated carbocycles. The number of fused-ring (bicyclic) bond motifs is 1. The number of anilines is 1. The molecule has 0 saturated heterocycles. The number of hydrogen-bond donors (Lipinski definition) is 3. The smallest absolute Gasteiger partial charge is 0.280 e. The molecule has 1 aliphatic rings. The Morgan fingerprint density at radius 1 is 1.08 bits per heavy atom. The van der Waals surface area contributed by atoms with Crippen molar-refractivity contribution in [3.63, 3.8) is 0 Å². The summed E-state index contributed by atoms with van der Waals surface area (Å²) in [6.45, 7) is -0.101. The molecule has 2 amide bonds. The van der Waals surface area contributed by atoms with Crippen LogP contribution in [-0.4, -0.2) is 33.1 Å². The van der Waals surface area contributed by atoms with Gasteiger partial charge in [-0.25, -0.2) is 13.5 Å². The van der Waals surface area contributed by atoms with Gasteiger partial charge < -0.3 is 15.6 Å². The van der Waals surface area contributed by atoms with Gasteiger partial charge >= 0.3 is 0 Å². The number of rotatable bonds is 7. The summed E-state index contributed by atoms with van der Waals surface area (Å²) in [7, 11) is 0. The van der Waals surface area contributed by atoms with Gasteiger partial charge in [-0.1, -0.05) is 42.0 Å². The molecule has 0 spiro atoms. The third-order valence-corrected chi connectivity index (χ3v) is 6.13. The fourth-order valence-electron chi connectivity index (χ4n) is 4.08. The van der Waals surface area contributed by atoms with Gasteiger partial charge in [-0.15, -0.1) is 0 Å². The molecule has 0 aliphatic carbocycles. The van der Waals surface area contributed by atoms with Crippen LogP contribution in [0.1, 0.15) is 32.7 Å². The number of halogens is 3. The zero-order chi connectivity index (χ0) is 27.5. The number of H-pyrrole nitrogens is 1. The summed E-state index contributed by atoms with van der Waals surface area (Å²) in [6.07, 6.45) is 7.01. The van der Waals surface area contributed by atoms with Crippen molar-refractivity contribution in [3.05, 3.63) is 122 Å². The zero-order valence-electron chi connectivity index (χ0n) is 20.2. The van der Waals surface area contributed by atoms with Gasteiger partial charge in [0, 0.05) is 29.7 Å². The minimum absolute atomic E-state index is 0.100. The molecular formula is C28H20ClF2N5O3. The van der Waals surface area contributed by atoms with E-state index < -0.39 is 23.1 Å². The van der Waals surface area contributed by atoms with Gasteiger partial charge in [0.1, 0.15) is 5.56 Å². The average molecular weight is 548 g/mol. The highest BCUT2D eigenvalue weighted by molar-refractivity contribution is 6.34. The molecule has 2 aromatic carbocycles. The number of carbonyl (C=O) groups excluding carboxylic acids is 2. The van der Waals surface area contributed by atoms with Crippen molar-refractivity contribution in [2.45, 2.75) is 6.54 Å². The maximum absolute atomic E-state index is 13.5. The number of carbonyl (C=O) groups is 2. The van der Waals surface area contributed by atoms with Gasteiger partial charge in [-0.3, -0.25) is 14.4 Å². The number of nitrogens with one attached hydrogen (secondary N) is 3. The Kier molecular flexibility index (Phi) is 7.20. The van der Waals surface area contributed by atoms with E-state index in [-0.39, 0.29) is 35.3 Å². The van der Waals surface area contributed by atoms with Crippen LogP contribution >= 0.6 is 11.6 Å². The van der Waals surface area contributed by atoms with Crippen LogP contribution in [-0.2, 0) is 11.3 Å². The maximum atomic E-state index is 13.5. The van der Waals surface area contributed by atoms with Gasteiger partial charge in [-0.05, 0) is 53.6 Å². The van der Waals surface area contributed by atoms with Crippen molar-refractivity contribution in [1.29, 1.82) is 0 Å². The molecule has 1 aliphatic heterocycles. The van der Waals surface area contributed by atoms with Crippen molar-refractivity contribution in [2.24, 2.45) is 0 Å². The summed E-state index contributed by atoms with van der Waals surface area (Å²) in [5.74, 6) is -2.95. The minimum Gasteiger partial charge on any atom is -0.362 e. The third-order valence-electron chi connectivity index (χ3n) is 5.94. The number of aromatic nitrogens is 3. The van der Waals surface area contributed by atoms with E-state index in [0.29, 0.717) is 11.3 Å². The van der Waals surface area contributed by atoms with Gasteiger partial charge in [0.15, 0.2) is 16.8 Å². The van der Waals surface area contributed by atoms with E-state index >= 15 is 0 Å². The largest absolute Gasteiger partial charge is 0.362 e. The van der Waals surface area contributed by atoms with Crippen LogP contribution in [0.4, 0.5) is 14.5 Å². The molecule has 39 heavy (non-hydrogen) atoms. The SMILES string of the molecule is O=C1Nc2cc(/C=C/CNC(=O)c3cc(Cl)nn(Cc4ccc(F)c(F)c4)c3=O)ccc2/C1=C/c1ccc[nH]1. The molecule has 11 heteroatoms. The molecular weight excluding hydrogens is 528 g/mol. The molecule has 0 bridgehead atoms. The summed E-state index contributed by atoms with van der Waals surface area (Å²) in [5, 5.41) is 9.24. The van der Waals surface area contributed by atoms with Crippen molar-refractivity contribution in [2.75, 3.05) is 11.9 Å². The van der Waals surface area contributed by atoms with Gasteiger partial charge in [-0.2, -0.15) is 5.10 Å². The van der Waals surface area contributed by atoms with Gasteiger partial charge in [0.2, 0.25) is 0 Å². The topological polar surface area (TPSA) is 109 Å². The highest BCUT2D eigenvalue weighted by Crippen LogP contribution is 2.33. The Hall–Kier alpha value is -4.83. The highest BCUT2D eigenvalue weighted by Gasteiger charge is 2.24. The lowest BCUT2D eigenvalue weighted by molar-refractivity contribution is -0.110. The maximum Gasteiger partial charge on any atom is 0.280 e. The van der Waals surface area contributed by atoms with Crippen LogP contribution in [0.2, 0.25) is 5.15 Å². The van der Waals surface area contributed by atoms with E-state index in [0.717, 1.165) is 39.7 Å². The molecule has 3 heterocycles. The zero-order valence-corrected chi connectivity index (χ0v) is 20.9. The first-order valence-electron chi connectivity index (χ1n) is 11.8. The van der Waals surface area contributed by atoms with Gasteiger partial charge in [0.25, 0.3) is 17.4 Å². The van der Waals surface area contributed by atoms with Crippen LogP contribution in [0.3, 0.4) is 0 Å². The lowest BCUT2D eigenvalue weighted by atomic mass is 10.0. The van der Waals surface area contributed by atoms with E-state index in [1.807, 2.05) is 30.3 Å². The molecule has 0 unspecified atom stereocenters. The number of aromatic amines is 1. The summed E-state index contributed by atoms with van der Waals surface area (Å²) >= 11 is 6.00. The number of nitrogens with zero attached hydrogens (tertiary/aromatic N) is 2. The summed E-state index contributed by atoms with van der Waals surface area (Å²) in [6, 6.07) is 13.6. The molecule has 0 atom stereocenters. The summed E-state index contributed by atoms with van der Waals surface area (Å²) in [4.78, 5) is 40.9. The van der Waals surface area contributed by atoms with E-state index in [1.165, 1.54) is 6.07 Å². The Labute approximate surface area is 225 Å². The van der Waals surface area contributed by atoms with Crippen molar-refractivity contribution in [3.8, 4) is 0 Å². The monoisotopic (exact) mass is 547 g/mol. The Morgan fingerprint density at radius 2 is 1.92 bits per heavy atom. The third kappa shape index (κ3) is 5.70. The second kappa shape index (κ2) is 10.9. The fourth-order valence-corrected chi connectivity index (χ4v) is 4.28. The average Bonchev–Trinajstić information content (AvgIpc) is 3.53. The summed E-state index contributed by atoms with van der Waals surface area (Å²) < 4.78 is 27.6. The molecule has 0 fully saturated rings. The minimum atomic E-state index is -1.06. The predicted octanol–water partition coefficient (Wildman–Crippen LogP) is 4.49. The normalized spacial score (nSPS) is 13.6. The van der Waals surface area contributed by atoms with Crippen molar-refractivity contribution >= 4 is 46.8 Å². The first-order valence-corrected chi connectivity index (χ1v) is 12.1. The van der Waals surface area contributed by atoms with Crippen LogP contribution in [0, 0.1) is 11.6 Å². The second-order valence-electron chi connectivity index (χ2n) is 8.65. The molecule has 4 aromatic rings. The lowest BCUT2D eigenvalue weighted by Gasteiger charge is -2.09. The van der Waals surface area contributed by atoms with Crippen molar-refractivity contribution < 1.29 is 18.4 Å². The molecule has 5 rings (SSSR count). The molecule has 8 nitrogen and oxygen atoms in total. The van der Waals surface area contributed by atoms with Gasteiger partial charge in [0.05, 0.1) is 12.1 Å². The van der Waals surface area contributed by atoms with Crippen LogP contribution in [0.25, 0.3) is 17.7 Å². The molecule has 2 aromatic heterocycles. The Bertz CT molecular complexity index is 1710. The fraction of sp³-hybridized carbons (Fsp3) is 0.0714. The molecule has 196 valence electrons. The molecule has 0 radical (unpaired) electrons.